The van der Waals surface area contributed by atoms with Gasteiger partial charge in [-0.15, -0.1) is 0 Å². The van der Waals surface area contributed by atoms with E-state index in [1.807, 2.05) is 25.1 Å². The van der Waals surface area contributed by atoms with E-state index in [9.17, 15) is 0 Å². The monoisotopic (exact) mass is 282 g/mol. The fraction of sp³-hybridized carbons (Fsp3) is 0.200. The van der Waals surface area contributed by atoms with Crippen molar-refractivity contribution in [3.8, 4) is 11.3 Å². The van der Waals surface area contributed by atoms with Crippen molar-refractivity contribution < 1.29 is 0 Å². The van der Waals surface area contributed by atoms with Crippen LogP contribution in [0.5, 0.6) is 0 Å². The molecule has 0 saturated heterocycles. The fourth-order valence-corrected chi connectivity index (χ4v) is 1.79. The molecule has 21 heavy (non-hydrogen) atoms. The van der Waals surface area contributed by atoms with E-state index >= 15 is 0 Å². The van der Waals surface area contributed by atoms with Crippen LogP contribution in [-0.4, -0.2) is 33.4 Å². The number of anilines is 1. The van der Waals surface area contributed by atoms with Crippen molar-refractivity contribution in [3.05, 3.63) is 48.6 Å². The minimum Gasteiger partial charge on any atom is -0.354 e. The van der Waals surface area contributed by atoms with Gasteiger partial charge in [-0.05, 0) is 37.8 Å². The first-order chi connectivity index (χ1) is 10.3. The molecule has 0 saturated carbocycles. The van der Waals surface area contributed by atoms with E-state index in [4.69, 9.17) is 0 Å². The molecule has 2 heterocycles. The molecule has 6 nitrogen and oxygen atoms in total. The van der Waals surface area contributed by atoms with Crippen molar-refractivity contribution >= 4 is 12.7 Å². The summed E-state index contributed by atoms with van der Waals surface area (Å²) in [6, 6.07) is 1.85. The van der Waals surface area contributed by atoms with Gasteiger partial charge in [-0.25, -0.2) is 9.97 Å². The van der Waals surface area contributed by atoms with Gasteiger partial charge >= 0.3 is 0 Å². The van der Waals surface area contributed by atoms with Crippen LogP contribution in [0.4, 0.5) is 5.95 Å². The Hall–Kier alpha value is -2.76. The molecule has 0 spiro atoms. The number of rotatable bonds is 7. The van der Waals surface area contributed by atoms with Gasteiger partial charge in [0.15, 0.2) is 0 Å². The molecule has 0 aliphatic carbocycles. The number of allylic oxidation sites excluding steroid dienone is 2. The van der Waals surface area contributed by atoms with E-state index in [2.05, 4.69) is 37.2 Å². The summed E-state index contributed by atoms with van der Waals surface area (Å²) in [5, 5.41) is 9.91. The average molecular weight is 282 g/mol. The first-order valence-corrected chi connectivity index (χ1v) is 6.67. The Labute approximate surface area is 123 Å². The van der Waals surface area contributed by atoms with E-state index < -0.39 is 0 Å². The van der Waals surface area contributed by atoms with Crippen molar-refractivity contribution in [2.24, 2.45) is 4.99 Å². The lowest BCUT2D eigenvalue weighted by Gasteiger charge is -2.06. The van der Waals surface area contributed by atoms with E-state index in [0.717, 1.165) is 24.2 Å². The minimum absolute atomic E-state index is 0.606. The molecule has 2 aromatic rings. The van der Waals surface area contributed by atoms with Crippen LogP contribution >= 0.6 is 0 Å². The second-order valence-corrected chi connectivity index (χ2v) is 4.29. The molecule has 0 fully saturated rings. The Morgan fingerprint density at radius 2 is 2.43 bits per heavy atom. The molecule has 0 amide bonds. The van der Waals surface area contributed by atoms with Crippen molar-refractivity contribution in [2.75, 3.05) is 11.9 Å². The molecule has 0 radical (unpaired) electrons. The summed E-state index contributed by atoms with van der Waals surface area (Å²) in [6.45, 7) is 6.17. The summed E-state index contributed by atoms with van der Waals surface area (Å²) in [7, 11) is 0. The normalized spacial score (nSPS) is 11.8. The van der Waals surface area contributed by atoms with Crippen molar-refractivity contribution in [2.45, 2.75) is 13.3 Å². The molecule has 0 atom stereocenters. The maximum Gasteiger partial charge on any atom is 0.223 e. The number of H-pyrrole nitrogens is 1. The molecule has 108 valence electrons. The van der Waals surface area contributed by atoms with E-state index in [0.29, 0.717) is 5.95 Å². The molecule has 0 aromatic carbocycles. The third kappa shape index (κ3) is 4.38. The topological polar surface area (TPSA) is 78.9 Å². The number of nitrogens with zero attached hydrogens (tertiary/aromatic N) is 4. The third-order valence-electron chi connectivity index (χ3n) is 2.91. The summed E-state index contributed by atoms with van der Waals surface area (Å²) in [4.78, 5) is 12.4. The first kappa shape index (κ1) is 14.6. The highest BCUT2D eigenvalue weighted by atomic mass is 15.1. The summed E-state index contributed by atoms with van der Waals surface area (Å²) in [6.07, 6.45) is 11.8. The molecular weight excluding hydrogens is 264 g/mol. The number of nitrogens with one attached hydrogen (secondary N) is 2. The molecular formula is C15H18N6. The Kier molecular flexibility index (Phi) is 5.40. The van der Waals surface area contributed by atoms with E-state index in [1.54, 1.807) is 24.8 Å². The molecule has 0 aliphatic rings. The van der Waals surface area contributed by atoms with Gasteiger partial charge in [-0.1, -0.05) is 6.08 Å². The summed E-state index contributed by atoms with van der Waals surface area (Å²) < 4.78 is 0. The zero-order chi connectivity index (χ0) is 14.9. The highest BCUT2D eigenvalue weighted by molar-refractivity contribution is 5.57. The molecule has 2 aromatic heterocycles. The Balaban J connectivity index is 1.93. The lowest BCUT2D eigenvalue weighted by Crippen LogP contribution is -2.06. The molecule has 0 aliphatic heterocycles. The minimum atomic E-state index is 0.606. The average Bonchev–Trinajstić information content (AvgIpc) is 3.05. The predicted molar refractivity (Wildman–Crippen MR) is 85.2 cm³/mol. The number of hydrogen-bond acceptors (Lipinski definition) is 5. The summed E-state index contributed by atoms with van der Waals surface area (Å²) >= 11 is 0. The van der Waals surface area contributed by atoms with E-state index in [1.165, 1.54) is 5.57 Å². The number of aromatic amines is 1. The van der Waals surface area contributed by atoms with Gasteiger partial charge in [-0.3, -0.25) is 10.1 Å². The Morgan fingerprint density at radius 1 is 1.52 bits per heavy atom. The maximum atomic E-state index is 4.45. The van der Waals surface area contributed by atoms with Crippen LogP contribution in [0.1, 0.15) is 13.3 Å². The zero-order valence-corrected chi connectivity index (χ0v) is 12.0. The summed E-state index contributed by atoms with van der Waals surface area (Å²) in [5.41, 5.74) is 2.96. The van der Waals surface area contributed by atoms with Crippen LogP contribution < -0.4 is 5.32 Å². The van der Waals surface area contributed by atoms with Crippen LogP contribution in [0.3, 0.4) is 0 Å². The Morgan fingerprint density at radius 3 is 3.14 bits per heavy atom. The number of aromatic nitrogens is 4. The molecule has 2 rings (SSSR count). The molecule has 0 unspecified atom stereocenters. The first-order valence-electron chi connectivity index (χ1n) is 6.67. The van der Waals surface area contributed by atoms with Gasteiger partial charge in [0.05, 0.1) is 11.9 Å². The second kappa shape index (κ2) is 7.74. The molecule has 2 N–H and O–H groups in total. The van der Waals surface area contributed by atoms with E-state index in [-0.39, 0.29) is 0 Å². The van der Waals surface area contributed by atoms with Gasteiger partial charge in [0, 0.05) is 30.7 Å². The highest BCUT2D eigenvalue weighted by Gasteiger charge is 2.02. The van der Waals surface area contributed by atoms with Crippen molar-refractivity contribution in [1.29, 1.82) is 0 Å². The number of aliphatic imine (C=N–C) groups is 1. The van der Waals surface area contributed by atoms with Gasteiger partial charge in [0.25, 0.3) is 0 Å². The lowest BCUT2D eigenvalue weighted by molar-refractivity contribution is 0.986. The van der Waals surface area contributed by atoms with Gasteiger partial charge in [0.1, 0.15) is 0 Å². The highest BCUT2D eigenvalue weighted by Crippen LogP contribution is 2.15. The fourth-order valence-electron chi connectivity index (χ4n) is 1.79. The van der Waals surface area contributed by atoms with Crippen LogP contribution in [0.2, 0.25) is 0 Å². The predicted octanol–water partition coefficient (Wildman–Crippen LogP) is 2.83. The standard InChI is InChI=1S/C15H18N6/c1-3-12(4-7-16-2)5-8-17-15-18-9-6-14(21-15)13-10-19-20-11-13/h3-4,6-7,9-11H,2,5,8H2,1H3,(H,19,20)(H,17,18,21)/b7-4-,12-3+. The molecule has 6 heteroatoms. The van der Waals surface area contributed by atoms with Crippen LogP contribution in [0.25, 0.3) is 11.3 Å². The number of hydrogen-bond donors (Lipinski definition) is 2. The largest absolute Gasteiger partial charge is 0.354 e. The molecule has 0 bridgehead atoms. The van der Waals surface area contributed by atoms with Crippen LogP contribution in [0, 0.1) is 0 Å². The van der Waals surface area contributed by atoms with Crippen molar-refractivity contribution in [1.82, 2.24) is 20.2 Å². The Bertz CT molecular complexity index is 627. The summed E-state index contributed by atoms with van der Waals surface area (Å²) in [5.74, 6) is 0.606. The van der Waals surface area contributed by atoms with Crippen LogP contribution in [0.15, 0.2) is 53.6 Å². The van der Waals surface area contributed by atoms with Gasteiger partial charge in [0.2, 0.25) is 5.95 Å². The van der Waals surface area contributed by atoms with Crippen molar-refractivity contribution in [3.63, 3.8) is 0 Å². The van der Waals surface area contributed by atoms with Gasteiger partial charge < -0.3 is 5.32 Å². The zero-order valence-electron chi connectivity index (χ0n) is 12.0. The third-order valence-corrected chi connectivity index (χ3v) is 2.91. The quantitative estimate of drug-likeness (QED) is 0.604. The smallest absolute Gasteiger partial charge is 0.223 e. The SMILES string of the molecule is C=N/C=C\C(=C/C)CCNc1nccc(-c2cn[nH]c2)n1. The van der Waals surface area contributed by atoms with Crippen LogP contribution in [-0.2, 0) is 0 Å². The second-order valence-electron chi connectivity index (χ2n) is 4.29. The maximum absolute atomic E-state index is 4.45. The van der Waals surface area contributed by atoms with Gasteiger partial charge in [-0.2, -0.15) is 5.10 Å². The lowest BCUT2D eigenvalue weighted by atomic mass is 10.2.